The van der Waals surface area contributed by atoms with Crippen molar-refractivity contribution in [1.82, 2.24) is 30.8 Å². The third-order valence-electron chi connectivity index (χ3n) is 15.8. The zero-order valence-electron chi connectivity index (χ0n) is 51.9. The van der Waals surface area contributed by atoms with Crippen molar-refractivity contribution in [1.29, 1.82) is 0 Å². The monoisotopic (exact) mass is 1240 g/mol. The molecule has 0 saturated heterocycles. The van der Waals surface area contributed by atoms with Gasteiger partial charge in [-0.15, -0.1) is 0 Å². The number of nitrogens with zero attached hydrogens (tertiary/aromatic N) is 2. The lowest BCUT2D eigenvalue weighted by atomic mass is 9.85. The number of ether oxygens (including phenoxy) is 9. The number of methoxy groups -OCH3 is 1. The third kappa shape index (κ3) is 19.0. The lowest BCUT2D eigenvalue weighted by Gasteiger charge is -2.35. The first-order chi connectivity index (χ1) is 43.0. The highest BCUT2D eigenvalue weighted by atomic mass is 16.7. The van der Waals surface area contributed by atoms with E-state index in [1.54, 1.807) is 62.8 Å². The molecule has 4 atom stereocenters. The summed E-state index contributed by atoms with van der Waals surface area (Å²) in [5.74, 6) is -2.37. The van der Waals surface area contributed by atoms with Gasteiger partial charge in [0.2, 0.25) is 29.2 Å². The minimum absolute atomic E-state index is 0.00822. The molecule has 1 aliphatic carbocycles. The van der Waals surface area contributed by atoms with Crippen LogP contribution in [-0.2, 0) is 93.6 Å². The number of cyclic esters (lactones) is 1. The highest BCUT2D eigenvalue weighted by molar-refractivity contribution is 5.98. The van der Waals surface area contributed by atoms with Crippen LogP contribution in [0.4, 0.5) is 15.3 Å². The van der Waals surface area contributed by atoms with Crippen molar-refractivity contribution in [3.63, 3.8) is 0 Å². The van der Waals surface area contributed by atoms with Gasteiger partial charge < -0.3 is 79.5 Å². The maximum absolute atomic E-state index is 14.2. The predicted molar refractivity (Wildman–Crippen MR) is 328 cm³/mol. The van der Waals surface area contributed by atoms with Gasteiger partial charge in [-0.1, -0.05) is 58.7 Å². The van der Waals surface area contributed by atoms with Gasteiger partial charge in [-0.05, 0) is 111 Å². The molecular weight excluding hydrogens is 1150 g/mol. The topological polar surface area (TPSA) is 324 Å². The summed E-state index contributed by atoms with van der Waals surface area (Å²) in [6, 6.07) is 10.7. The molecule has 4 heterocycles. The first-order valence-corrected chi connectivity index (χ1v) is 30.7. The molecule has 0 saturated carbocycles. The molecule has 89 heavy (non-hydrogen) atoms. The largest absolute Gasteiger partial charge is 0.510 e. The number of aromatic nitrogens is 2. The van der Waals surface area contributed by atoms with Gasteiger partial charge in [0, 0.05) is 41.7 Å². The van der Waals surface area contributed by atoms with E-state index in [0.29, 0.717) is 79.9 Å². The van der Waals surface area contributed by atoms with E-state index >= 15 is 0 Å². The SMILES string of the molecule is CCc1c2c(nc3ccc(OC)cc13)-c1cc3c(c(=O)n1C2)COC(=O)[C@@]3(CC)OC(=O)OCc1ccc(NC(=O)[C@H](CCCNC(N)=O)NC(=O)[C@@H](NC(=O)CCOCCOCCOCCOCCNC(=O)COC2CCCCC/C=C\2C)C(C)C)cc1. The summed E-state index contributed by atoms with van der Waals surface area (Å²) in [5.41, 5.74) is 8.88. The van der Waals surface area contributed by atoms with E-state index in [9.17, 15) is 38.4 Å². The van der Waals surface area contributed by atoms with Crippen LogP contribution in [0.25, 0.3) is 22.3 Å². The number of anilines is 1. The van der Waals surface area contributed by atoms with E-state index in [1.165, 1.54) is 18.4 Å². The number of fused-ring (bicyclic) bond motifs is 5. The molecule has 4 aromatic rings. The van der Waals surface area contributed by atoms with Gasteiger partial charge in [0.05, 0.1) is 95.1 Å². The first kappa shape index (κ1) is 68.5. The summed E-state index contributed by atoms with van der Waals surface area (Å²) in [6.45, 7) is 11.6. The second-order valence-electron chi connectivity index (χ2n) is 22.3. The highest BCUT2D eigenvalue weighted by Gasteiger charge is 2.51. The number of nitrogens with one attached hydrogen (secondary N) is 5. The maximum Gasteiger partial charge on any atom is 0.510 e. The second-order valence-corrected chi connectivity index (χ2v) is 22.3. The number of hydrogen-bond donors (Lipinski definition) is 6. The quantitative estimate of drug-likeness (QED) is 0.0159. The van der Waals surface area contributed by atoms with Gasteiger partial charge in [0.15, 0.2) is 0 Å². The van der Waals surface area contributed by atoms with E-state index in [4.69, 9.17) is 53.3 Å². The zero-order valence-corrected chi connectivity index (χ0v) is 51.9. The molecule has 25 nitrogen and oxygen atoms in total. The number of benzene rings is 2. The average Bonchev–Trinajstić information content (AvgIpc) is 1.65. The molecule has 7 rings (SSSR count). The molecule has 484 valence electrons. The highest BCUT2D eigenvalue weighted by Crippen LogP contribution is 2.43. The fourth-order valence-electron chi connectivity index (χ4n) is 10.9. The lowest BCUT2D eigenvalue weighted by molar-refractivity contribution is -0.175. The molecule has 2 aromatic heterocycles. The van der Waals surface area contributed by atoms with Crippen LogP contribution >= 0.6 is 0 Å². The molecule has 0 spiro atoms. The Morgan fingerprint density at radius 1 is 0.820 bits per heavy atom. The Kier molecular flexibility index (Phi) is 26.3. The van der Waals surface area contributed by atoms with Crippen molar-refractivity contribution >= 4 is 58.4 Å². The van der Waals surface area contributed by atoms with Gasteiger partial charge in [-0.2, -0.15) is 0 Å². The minimum atomic E-state index is -2.01. The average molecular weight is 1240 g/mol. The van der Waals surface area contributed by atoms with E-state index in [1.807, 2.05) is 25.1 Å². The van der Waals surface area contributed by atoms with E-state index < -0.39 is 59.1 Å². The molecule has 3 aliphatic rings. The van der Waals surface area contributed by atoms with E-state index in [-0.39, 0.29) is 107 Å². The Morgan fingerprint density at radius 2 is 1.54 bits per heavy atom. The molecule has 25 heteroatoms. The molecular formula is C64H86N8O17. The van der Waals surface area contributed by atoms with Gasteiger partial charge in [0.1, 0.15) is 37.7 Å². The Bertz CT molecular complexity index is 3200. The number of esters is 1. The summed E-state index contributed by atoms with van der Waals surface area (Å²) < 4.78 is 52.0. The van der Waals surface area contributed by atoms with E-state index in [2.05, 4.69) is 39.6 Å². The van der Waals surface area contributed by atoms with Crippen molar-refractivity contribution in [2.24, 2.45) is 11.7 Å². The van der Waals surface area contributed by atoms with Gasteiger partial charge >= 0.3 is 18.2 Å². The molecule has 2 aliphatic heterocycles. The Labute approximate surface area is 518 Å². The molecule has 0 bridgehead atoms. The summed E-state index contributed by atoms with van der Waals surface area (Å²) in [4.78, 5) is 111. The summed E-state index contributed by atoms with van der Waals surface area (Å²) in [7, 11) is 1.59. The number of amides is 6. The Balaban J connectivity index is 0.821. The van der Waals surface area contributed by atoms with Crippen molar-refractivity contribution in [2.45, 2.75) is 142 Å². The van der Waals surface area contributed by atoms with Crippen LogP contribution < -0.4 is 42.6 Å². The minimum Gasteiger partial charge on any atom is -0.497 e. The van der Waals surface area contributed by atoms with Crippen molar-refractivity contribution in [2.75, 3.05) is 85.0 Å². The molecule has 2 aromatic carbocycles. The fraction of sp³-hybridized carbons (Fsp3) is 0.547. The third-order valence-corrected chi connectivity index (χ3v) is 15.8. The smallest absolute Gasteiger partial charge is 0.497 e. The Hall–Kier alpha value is -7.97. The number of urea groups is 1. The molecule has 0 fully saturated rings. The van der Waals surface area contributed by atoms with Crippen molar-refractivity contribution in [3.8, 4) is 17.1 Å². The second kappa shape index (κ2) is 34.1. The van der Waals surface area contributed by atoms with Crippen LogP contribution in [0, 0.1) is 5.92 Å². The number of aryl methyl sites for hydroxylation is 1. The number of carbonyl (C=O) groups excluding carboxylic acids is 7. The first-order valence-electron chi connectivity index (χ1n) is 30.7. The summed E-state index contributed by atoms with van der Waals surface area (Å²) in [5, 5.41) is 14.5. The van der Waals surface area contributed by atoms with Gasteiger partial charge in [-0.25, -0.2) is 19.4 Å². The van der Waals surface area contributed by atoms with Crippen molar-refractivity contribution in [3.05, 3.63) is 98.4 Å². The van der Waals surface area contributed by atoms with Crippen LogP contribution in [0.1, 0.15) is 120 Å². The molecule has 6 amide bonds. The lowest BCUT2D eigenvalue weighted by Crippen LogP contribution is -2.54. The fourth-order valence-corrected chi connectivity index (χ4v) is 10.9. The molecule has 1 unspecified atom stereocenters. The van der Waals surface area contributed by atoms with Crippen LogP contribution in [0.3, 0.4) is 0 Å². The maximum atomic E-state index is 14.2. The Morgan fingerprint density at radius 3 is 2.22 bits per heavy atom. The summed E-state index contributed by atoms with van der Waals surface area (Å²) in [6.07, 6.45) is 7.34. The predicted octanol–water partition coefficient (Wildman–Crippen LogP) is 5.89. The number of primary amides is 1. The number of nitrogens with two attached hydrogens (primary N) is 1. The standard InChI is InChI=1S/C64H86N8O17/c1-7-45-46-34-44(81-6)21-22-50(46)69-57-47(45)36-72-52(57)35-49-48(60(72)77)38-87-61(78)64(49,8-2)89-63(80)88-37-42-17-19-43(20-18-42)68-58(75)51(15-13-24-67-62(65)79)70-59(76)56(40(3)4)71-54(73)23-26-82-28-30-84-32-33-85-31-29-83-27-25-66-55(74)39-86-53-16-12-10-9-11-14-41(53)5/h14,17-22,34-35,40,51,53,56H,7-13,15-16,23-33,36-39H2,1-6H3,(H,66,74)(H,68,75)(H,70,76)(H,71,73)(H3,65,67,79)/b41-14-/t51-,53?,56-,64-/m0/s1. The number of pyridine rings is 2. The van der Waals surface area contributed by atoms with Crippen LogP contribution in [0.15, 0.2) is 65.0 Å². The number of carbonyl (C=O) groups is 7. The number of allylic oxidation sites excluding steroid dienone is 1. The van der Waals surface area contributed by atoms with Gasteiger partial charge in [-0.3, -0.25) is 24.0 Å². The number of rotatable bonds is 34. The van der Waals surface area contributed by atoms with Crippen LogP contribution in [0.5, 0.6) is 5.75 Å². The van der Waals surface area contributed by atoms with E-state index in [0.717, 1.165) is 35.8 Å². The summed E-state index contributed by atoms with van der Waals surface area (Å²) >= 11 is 0. The van der Waals surface area contributed by atoms with Crippen LogP contribution in [0.2, 0.25) is 0 Å². The van der Waals surface area contributed by atoms with Crippen molar-refractivity contribution < 1.29 is 76.2 Å². The van der Waals surface area contributed by atoms with Gasteiger partial charge in [0.25, 0.3) is 5.56 Å². The molecule has 7 N–H and O–H groups in total. The van der Waals surface area contributed by atoms with Crippen LogP contribution in [-0.4, -0.2) is 149 Å². The number of hydrogen-bond acceptors (Lipinski definition) is 18. The normalized spacial score (nSPS) is 17.3. The molecule has 0 radical (unpaired) electrons. The zero-order chi connectivity index (χ0) is 63.9.